The Balaban J connectivity index is 2.20. The third-order valence-electron chi connectivity index (χ3n) is 8.55. The molecule has 0 aliphatic carbocycles. The van der Waals surface area contributed by atoms with E-state index in [2.05, 4.69) is 11.8 Å². The van der Waals surface area contributed by atoms with Crippen molar-refractivity contribution in [2.45, 2.75) is 117 Å². The first-order valence-electron chi connectivity index (χ1n) is 18.9. The van der Waals surface area contributed by atoms with Gasteiger partial charge in [0.1, 0.15) is 6.61 Å². The maximum atomic E-state index is 12.3. The number of carbonyl (C=O) groups is 2. The molecule has 0 spiro atoms. The number of unbranched alkanes of at least 4 members (excludes halogenated alkanes) is 13. The average molecular weight is 693 g/mol. The molecule has 0 amide bonds. The van der Waals surface area contributed by atoms with E-state index in [-0.39, 0.29) is 26.2 Å². The summed E-state index contributed by atoms with van der Waals surface area (Å²) in [5, 5.41) is 18.4. The minimum Gasteiger partial charge on any atom is -0.481 e. The fourth-order valence-corrected chi connectivity index (χ4v) is 5.47. The molecule has 1 unspecified atom stereocenters. The van der Waals surface area contributed by atoms with Crippen LogP contribution in [0.4, 0.5) is 11.4 Å². The fraction of sp³-hybridized carbons (Fsp3) is 0.744. The monoisotopic (exact) mass is 692 g/mol. The quantitative estimate of drug-likeness (QED) is 0.0288. The van der Waals surface area contributed by atoms with Gasteiger partial charge in [-0.1, -0.05) is 96.1 Å². The van der Waals surface area contributed by atoms with Crippen LogP contribution in [0.15, 0.2) is 30.4 Å². The zero-order valence-corrected chi connectivity index (χ0v) is 30.7. The molecule has 282 valence electrons. The summed E-state index contributed by atoms with van der Waals surface area (Å²) in [6.45, 7) is 7.77. The molecule has 0 radical (unpaired) electrons. The van der Waals surface area contributed by atoms with Gasteiger partial charge in [-0.25, -0.2) is 0 Å². The molecule has 0 saturated heterocycles. The Morgan fingerprint density at radius 3 is 1.88 bits per heavy atom. The average Bonchev–Trinajstić information content (AvgIpc) is 3.08. The standard InChI is InChI=1S/C39H68N2O8/c1-3-4-5-6-7-8-9-10-11-12-13-14-15-16-17-18-19-35(39(44)45)33-38(43)49-31-30-47-26-23-41(22-25-46-28-29-48-27-24-42)36-20-21-37(40)34(2)32-36/h17-18,20-21,32,35,42H,3-16,19,22-31,33,40H2,1-2H3,(H,44,45)/b18-17+. The number of aryl methyl sites for hydroxylation is 1. The number of nitrogen functional groups attached to an aromatic ring is 1. The molecule has 0 fully saturated rings. The van der Waals surface area contributed by atoms with E-state index in [1.54, 1.807) is 0 Å². The van der Waals surface area contributed by atoms with Gasteiger partial charge in [-0.15, -0.1) is 0 Å². The first-order valence-corrected chi connectivity index (χ1v) is 18.9. The number of esters is 1. The molecule has 1 aromatic carbocycles. The number of ether oxygens (including phenoxy) is 4. The predicted octanol–water partition coefficient (Wildman–Crippen LogP) is 7.49. The SMILES string of the molecule is CCCCCCCCCCCCCCC/C=C/CC(CC(=O)OCCOCCN(CCOCCOCCO)c1ccc(N)c(C)c1)C(=O)O. The number of carbonyl (C=O) groups excluding carboxylic acids is 1. The summed E-state index contributed by atoms with van der Waals surface area (Å²) in [6, 6.07) is 5.86. The van der Waals surface area contributed by atoms with E-state index >= 15 is 0 Å². The Kier molecular flexibility index (Phi) is 28.4. The number of hydrogen-bond donors (Lipinski definition) is 3. The lowest BCUT2D eigenvalue weighted by atomic mass is 10.0. The highest BCUT2D eigenvalue weighted by atomic mass is 16.6. The van der Waals surface area contributed by atoms with Crippen molar-refractivity contribution in [3.63, 3.8) is 0 Å². The minimum absolute atomic E-state index is 0.0104. The Morgan fingerprint density at radius 1 is 0.776 bits per heavy atom. The summed E-state index contributed by atoms with van der Waals surface area (Å²) in [4.78, 5) is 26.2. The van der Waals surface area contributed by atoms with Gasteiger partial charge in [-0.05, 0) is 49.9 Å². The van der Waals surface area contributed by atoms with Crippen molar-refractivity contribution >= 4 is 23.3 Å². The van der Waals surface area contributed by atoms with Gasteiger partial charge in [0.25, 0.3) is 0 Å². The summed E-state index contributed by atoms with van der Waals surface area (Å²) in [5.74, 6) is -2.31. The van der Waals surface area contributed by atoms with E-state index in [0.29, 0.717) is 52.5 Å². The van der Waals surface area contributed by atoms with Crippen LogP contribution in [0.2, 0.25) is 0 Å². The van der Waals surface area contributed by atoms with Gasteiger partial charge in [-0.3, -0.25) is 9.59 Å². The maximum absolute atomic E-state index is 12.3. The van der Waals surface area contributed by atoms with Gasteiger partial charge in [0.15, 0.2) is 0 Å². The number of aliphatic hydroxyl groups excluding tert-OH is 1. The van der Waals surface area contributed by atoms with Crippen LogP contribution in [0.25, 0.3) is 0 Å². The Labute approximate surface area is 296 Å². The lowest BCUT2D eigenvalue weighted by Gasteiger charge is -2.25. The topological polar surface area (TPSA) is 141 Å². The third-order valence-corrected chi connectivity index (χ3v) is 8.55. The number of benzene rings is 1. The molecule has 0 bridgehead atoms. The molecule has 0 aliphatic rings. The zero-order chi connectivity index (χ0) is 35.8. The molecule has 4 N–H and O–H groups in total. The van der Waals surface area contributed by atoms with Crippen LogP contribution in [0, 0.1) is 12.8 Å². The van der Waals surface area contributed by atoms with Crippen molar-refractivity contribution in [2.24, 2.45) is 5.92 Å². The highest BCUT2D eigenvalue weighted by Crippen LogP contribution is 2.20. The van der Waals surface area contributed by atoms with Crippen LogP contribution in [0.3, 0.4) is 0 Å². The molecule has 0 heterocycles. The molecule has 0 aromatic heterocycles. The molecule has 49 heavy (non-hydrogen) atoms. The molecule has 1 aromatic rings. The van der Waals surface area contributed by atoms with Crippen LogP contribution >= 0.6 is 0 Å². The zero-order valence-electron chi connectivity index (χ0n) is 30.7. The highest BCUT2D eigenvalue weighted by molar-refractivity contribution is 5.78. The normalized spacial score (nSPS) is 12.1. The molecule has 1 rings (SSSR count). The number of nitrogens with two attached hydrogens (primary N) is 1. The summed E-state index contributed by atoms with van der Waals surface area (Å²) < 4.78 is 21.9. The van der Waals surface area contributed by atoms with Gasteiger partial charge in [0.05, 0.1) is 58.6 Å². The van der Waals surface area contributed by atoms with E-state index in [9.17, 15) is 14.7 Å². The molecular formula is C39H68N2O8. The smallest absolute Gasteiger partial charge is 0.307 e. The second-order valence-corrected chi connectivity index (χ2v) is 12.8. The lowest BCUT2D eigenvalue weighted by molar-refractivity contribution is -0.152. The predicted molar refractivity (Wildman–Crippen MR) is 198 cm³/mol. The van der Waals surface area contributed by atoms with E-state index in [1.807, 2.05) is 37.3 Å². The van der Waals surface area contributed by atoms with Crippen LogP contribution in [-0.2, 0) is 28.5 Å². The number of carboxylic acid groups (broad SMARTS) is 1. The van der Waals surface area contributed by atoms with Crippen molar-refractivity contribution < 1.29 is 38.7 Å². The highest BCUT2D eigenvalue weighted by Gasteiger charge is 2.21. The molecule has 0 saturated carbocycles. The maximum Gasteiger partial charge on any atom is 0.307 e. The van der Waals surface area contributed by atoms with Gasteiger partial charge in [0.2, 0.25) is 0 Å². The van der Waals surface area contributed by atoms with E-state index in [0.717, 1.165) is 29.8 Å². The van der Waals surface area contributed by atoms with Crippen molar-refractivity contribution in [3.8, 4) is 0 Å². The van der Waals surface area contributed by atoms with Crippen molar-refractivity contribution in [1.82, 2.24) is 0 Å². The molecule has 10 nitrogen and oxygen atoms in total. The Morgan fingerprint density at radius 2 is 1.33 bits per heavy atom. The number of aliphatic carboxylic acids is 1. The number of aliphatic hydroxyl groups is 1. The second-order valence-electron chi connectivity index (χ2n) is 12.8. The van der Waals surface area contributed by atoms with Crippen LogP contribution < -0.4 is 10.6 Å². The lowest BCUT2D eigenvalue weighted by Crippen LogP contribution is -2.31. The molecular weight excluding hydrogens is 624 g/mol. The number of hydrogen-bond acceptors (Lipinski definition) is 9. The van der Waals surface area contributed by atoms with Crippen LogP contribution in [-0.4, -0.2) is 88.1 Å². The largest absolute Gasteiger partial charge is 0.481 e. The summed E-state index contributed by atoms with van der Waals surface area (Å²) in [6.07, 6.45) is 22.2. The van der Waals surface area contributed by atoms with Crippen molar-refractivity contribution in [2.75, 3.05) is 76.6 Å². The number of anilines is 2. The van der Waals surface area contributed by atoms with Gasteiger partial charge >= 0.3 is 11.9 Å². The van der Waals surface area contributed by atoms with Gasteiger partial charge < -0.3 is 39.8 Å². The molecule has 0 aliphatic heterocycles. The molecule has 1 atom stereocenters. The number of carboxylic acids is 1. The van der Waals surface area contributed by atoms with Crippen LogP contribution in [0.5, 0.6) is 0 Å². The van der Waals surface area contributed by atoms with Gasteiger partial charge in [0, 0.05) is 24.5 Å². The first kappa shape index (κ1) is 44.4. The summed E-state index contributed by atoms with van der Waals surface area (Å²) in [5.41, 5.74) is 8.71. The van der Waals surface area contributed by atoms with Crippen molar-refractivity contribution in [1.29, 1.82) is 0 Å². The molecule has 10 heteroatoms. The van der Waals surface area contributed by atoms with E-state index in [1.165, 1.54) is 77.0 Å². The Bertz CT molecular complexity index is 990. The first-order chi connectivity index (χ1) is 23.9. The minimum atomic E-state index is -0.988. The Hall–Kier alpha value is -2.66. The second kappa shape index (κ2) is 31.3. The number of nitrogens with zero attached hydrogens (tertiary/aromatic N) is 1. The number of rotatable bonds is 34. The van der Waals surface area contributed by atoms with Crippen LogP contribution in [0.1, 0.15) is 115 Å². The van der Waals surface area contributed by atoms with E-state index in [4.69, 9.17) is 29.8 Å². The number of allylic oxidation sites excluding steroid dienone is 2. The van der Waals surface area contributed by atoms with Crippen molar-refractivity contribution in [3.05, 3.63) is 35.9 Å². The van der Waals surface area contributed by atoms with E-state index < -0.39 is 17.9 Å². The van der Waals surface area contributed by atoms with Gasteiger partial charge in [-0.2, -0.15) is 0 Å². The summed E-state index contributed by atoms with van der Waals surface area (Å²) in [7, 11) is 0. The third kappa shape index (κ3) is 25.0. The fourth-order valence-electron chi connectivity index (χ4n) is 5.47. The summed E-state index contributed by atoms with van der Waals surface area (Å²) >= 11 is 0.